The van der Waals surface area contributed by atoms with Crippen molar-refractivity contribution in [1.82, 2.24) is 10.3 Å². The molecule has 1 aromatic heterocycles. The average Bonchev–Trinajstić information content (AvgIpc) is 2.86. The van der Waals surface area contributed by atoms with Crippen molar-refractivity contribution in [1.29, 1.82) is 0 Å². The summed E-state index contributed by atoms with van der Waals surface area (Å²) in [5.41, 5.74) is 0.0112. The number of carbonyl (C=O) groups excluding carboxylic acids is 1. The average molecular weight is 330 g/mol. The van der Waals surface area contributed by atoms with Crippen molar-refractivity contribution in [2.45, 2.75) is 44.1 Å². The standard InChI is InChI=1S/C18H22N2O4/c1-24-13-6-7-14-12(10-13)11-15(19-14)16(21)20-18(17(22)23)8-4-2-3-5-9-18/h6-7,10-11,19H,2-5,8-9H2,1H3,(H,20,21)(H,22,23). The normalized spacial score (nSPS) is 17.2. The number of nitrogens with one attached hydrogen (secondary N) is 2. The molecule has 0 radical (unpaired) electrons. The number of carboxylic acids is 1. The van der Waals surface area contributed by atoms with Gasteiger partial charge in [0, 0.05) is 10.9 Å². The Morgan fingerprint density at radius 2 is 1.88 bits per heavy atom. The third-order valence-corrected chi connectivity index (χ3v) is 4.79. The fourth-order valence-corrected chi connectivity index (χ4v) is 3.37. The lowest BCUT2D eigenvalue weighted by atomic mass is 9.90. The van der Waals surface area contributed by atoms with E-state index in [9.17, 15) is 14.7 Å². The molecule has 3 N–H and O–H groups in total. The molecule has 0 spiro atoms. The number of rotatable bonds is 4. The molecule has 3 rings (SSSR count). The third kappa shape index (κ3) is 3.09. The molecular weight excluding hydrogens is 308 g/mol. The second kappa shape index (κ2) is 6.55. The van der Waals surface area contributed by atoms with Gasteiger partial charge in [0.05, 0.1) is 7.11 Å². The molecule has 1 amide bonds. The van der Waals surface area contributed by atoms with Gasteiger partial charge in [0.25, 0.3) is 5.91 Å². The minimum atomic E-state index is -1.16. The molecule has 1 aromatic carbocycles. The van der Waals surface area contributed by atoms with Gasteiger partial charge in [-0.1, -0.05) is 25.7 Å². The Morgan fingerprint density at radius 3 is 2.50 bits per heavy atom. The van der Waals surface area contributed by atoms with Gasteiger partial charge in [0.15, 0.2) is 0 Å². The zero-order chi connectivity index (χ0) is 17.2. The van der Waals surface area contributed by atoms with Crippen LogP contribution in [0.5, 0.6) is 5.75 Å². The number of hydrogen-bond acceptors (Lipinski definition) is 3. The quantitative estimate of drug-likeness (QED) is 0.751. The fourth-order valence-electron chi connectivity index (χ4n) is 3.37. The van der Waals surface area contributed by atoms with E-state index in [1.54, 1.807) is 13.2 Å². The SMILES string of the molecule is COc1ccc2[nH]c(C(=O)NC3(C(=O)O)CCCCCC3)cc2c1. The minimum absolute atomic E-state index is 0.364. The Hall–Kier alpha value is -2.50. The van der Waals surface area contributed by atoms with Crippen molar-refractivity contribution in [3.05, 3.63) is 30.0 Å². The van der Waals surface area contributed by atoms with Gasteiger partial charge in [0.2, 0.25) is 0 Å². The smallest absolute Gasteiger partial charge is 0.329 e. The molecular formula is C18H22N2O4. The Bertz CT molecular complexity index is 757. The fraction of sp³-hybridized carbons (Fsp3) is 0.444. The lowest BCUT2D eigenvalue weighted by Gasteiger charge is -2.29. The topological polar surface area (TPSA) is 91.4 Å². The number of carboxylic acid groups (broad SMARTS) is 1. The lowest BCUT2D eigenvalue weighted by molar-refractivity contribution is -0.145. The van der Waals surface area contributed by atoms with Gasteiger partial charge in [-0.3, -0.25) is 4.79 Å². The first-order valence-electron chi connectivity index (χ1n) is 8.27. The summed E-state index contributed by atoms with van der Waals surface area (Å²) < 4.78 is 5.18. The number of amides is 1. The van der Waals surface area contributed by atoms with Crippen LogP contribution < -0.4 is 10.1 Å². The van der Waals surface area contributed by atoms with E-state index in [1.165, 1.54) is 0 Å². The van der Waals surface area contributed by atoms with Gasteiger partial charge >= 0.3 is 5.97 Å². The number of hydrogen-bond donors (Lipinski definition) is 3. The first-order chi connectivity index (χ1) is 11.5. The monoisotopic (exact) mass is 330 g/mol. The molecule has 0 bridgehead atoms. The number of aromatic nitrogens is 1. The minimum Gasteiger partial charge on any atom is -0.497 e. The molecule has 0 aliphatic heterocycles. The molecule has 1 fully saturated rings. The molecule has 0 atom stereocenters. The van der Waals surface area contributed by atoms with Crippen LogP contribution in [-0.2, 0) is 4.79 Å². The predicted octanol–water partition coefficient (Wildman–Crippen LogP) is 3.08. The number of carbonyl (C=O) groups is 2. The first-order valence-corrected chi connectivity index (χ1v) is 8.27. The molecule has 0 saturated heterocycles. The number of aliphatic carboxylic acids is 1. The van der Waals surface area contributed by atoms with Gasteiger partial charge in [-0.2, -0.15) is 0 Å². The van der Waals surface area contributed by atoms with Crippen molar-refractivity contribution in [2.75, 3.05) is 7.11 Å². The van der Waals surface area contributed by atoms with Crippen LogP contribution in [0.1, 0.15) is 49.0 Å². The van der Waals surface area contributed by atoms with Crippen molar-refractivity contribution in [3.63, 3.8) is 0 Å². The number of fused-ring (bicyclic) bond motifs is 1. The molecule has 1 saturated carbocycles. The highest BCUT2D eigenvalue weighted by atomic mass is 16.5. The van der Waals surface area contributed by atoms with Crippen LogP contribution in [0.15, 0.2) is 24.3 Å². The summed E-state index contributed by atoms with van der Waals surface area (Å²) >= 11 is 0. The van der Waals surface area contributed by atoms with E-state index < -0.39 is 11.5 Å². The zero-order valence-corrected chi connectivity index (χ0v) is 13.7. The van der Waals surface area contributed by atoms with Crippen LogP contribution in [0.2, 0.25) is 0 Å². The van der Waals surface area contributed by atoms with E-state index in [-0.39, 0.29) is 5.91 Å². The molecule has 0 unspecified atom stereocenters. The molecule has 6 heteroatoms. The Labute approximate surface area is 140 Å². The number of ether oxygens (including phenoxy) is 1. The van der Waals surface area contributed by atoms with Gasteiger partial charge in [-0.15, -0.1) is 0 Å². The largest absolute Gasteiger partial charge is 0.497 e. The van der Waals surface area contributed by atoms with Crippen molar-refractivity contribution in [3.8, 4) is 5.75 Å². The van der Waals surface area contributed by atoms with E-state index in [4.69, 9.17) is 4.74 Å². The molecule has 24 heavy (non-hydrogen) atoms. The van der Waals surface area contributed by atoms with Crippen molar-refractivity contribution < 1.29 is 19.4 Å². The maximum atomic E-state index is 12.6. The highest BCUT2D eigenvalue weighted by Crippen LogP contribution is 2.28. The summed E-state index contributed by atoms with van der Waals surface area (Å²) in [6.45, 7) is 0. The number of H-pyrrole nitrogens is 1. The maximum absolute atomic E-state index is 12.6. The molecule has 2 aromatic rings. The molecule has 1 aliphatic rings. The van der Waals surface area contributed by atoms with Crippen LogP contribution in [0, 0.1) is 0 Å². The van der Waals surface area contributed by atoms with Crippen LogP contribution in [0.4, 0.5) is 0 Å². The summed E-state index contributed by atoms with van der Waals surface area (Å²) in [5.74, 6) is -0.621. The van der Waals surface area contributed by atoms with Crippen LogP contribution in [-0.4, -0.2) is 34.6 Å². The van der Waals surface area contributed by atoms with Gasteiger partial charge < -0.3 is 20.1 Å². The summed E-state index contributed by atoms with van der Waals surface area (Å²) in [5, 5.41) is 13.3. The molecule has 1 aliphatic carbocycles. The lowest BCUT2D eigenvalue weighted by Crippen LogP contribution is -2.54. The predicted molar refractivity (Wildman–Crippen MR) is 90.4 cm³/mol. The maximum Gasteiger partial charge on any atom is 0.329 e. The van der Waals surface area contributed by atoms with E-state index in [2.05, 4.69) is 10.3 Å². The number of methoxy groups -OCH3 is 1. The third-order valence-electron chi connectivity index (χ3n) is 4.79. The number of aromatic amines is 1. The summed E-state index contributed by atoms with van der Waals surface area (Å²) in [6.07, 6.45) is 4.60. The van der Waals surface area contributed by atoms with E-state index in [0.717, 1.165) is 36.6 Å². The summed E-state index contributed by atoms with van der Waals surface area (Å²) in [4.78, 5) is 27.5. The highest BCUT2D eigenvalue weighted by molar-refractivity contribution is 6.00. The molecule has 6 nitrogen and oxygen atoms in total. The Morgan fingerprint density at radius 1 is 1.17 bits per heavy atom. The summed E-state index contributed by atoms with van der Waals surface area (Å²) in [7, 11) is 1.59. The zero-order valence-electron chi connectivity index (χ0n) is 13.7. The van der Waals surface area contributed by atoms with Gasteiger partial charge in [-0.05, 0) is 37.1 Å². The van der Waals surface area contributed by atoms with Crippen molar-refractivity contribution in [2.24, 2.45) is 0 Å². The van der Waals surface area contributed by atoms with E-state index in [0.29, 0.717) is 24.3 Å². The second-order valence-electron chi connectivity index (χ2n) is 6.39. The van der Waals surface area contributed by atoms with E-state index in [1.807, 2.05) is 18.2 Å². The van der Waals surface area contributed by atoms with Gasteiger partial charge in [-0.25, -0.2) is 4.79 Å². The highest BCUT2D eigenvalue weighted by Gasteiger charge is 2.40. The van der Waals surface area contributed by atoms with Crippen LogP contribution in [0.3, 0.4) is 0 Å². The molecule has 128 valence electrons. The first kappa shape index (κ1) is 16.4. The van der Waals surface area contributed by atoms with Crippen molar-refractivity contribution >= 4 is 22.8 Å². The van der Waals surface area contributed by atoms with Gasteiger partial charge in [0.1, 0.15) is 17.0 Å². The summed E-state index contributed by atoms with van der Waals surface area (Å²) in [6, 6.07) is 7.20. The Kier molecular flexibility index (Phi) is 4.46. The van der Waals surface area contributed by atoms with Crippen LogP contribution >= 0.6 is 0 Å². The Balaban J connectivity index is 1.86. The number of benzene rings is 1. The second-order valence-corrected chi connectivity index (χ2v) is 6.39. The molecule has 1 heterocycles. The van der Waals surface area contributed by atoms with E-state index >= 15 is 0 Å². The van der Waals surface area contributed by atoms with Crippen LogP contribution in [0.25, 0.3) is 10.9 Å².